The number of para-hydroxylation sites is 1. The lowest BCUT2D eigenvalue weighted by atomic mass is 10.0. The topological polar surface area (TPSA) is 43.4 Å². The third-order valence-corrected chi connectivity index (χ3v) is 4.09. The molecule has 0 bridgehead atoms. The minimum absolute atomic E-state index is 0.0167. The highest BCUT2D eigenvalue weighted by atomic mass is 16.5. The van der Waals surface area contributed by atoms with Crippen molar-refractivity contribution in [2.45, 2.75) is 12.5 Å². The maximum Gasteiger partial charge on any atom is 0.119 e. The molecule has 0 saturated heterocycles. The normalized spacial score (nSPS) is 11.7. The molecule has 3 aromatic rings. The first-order valence-corrected chi connectivity index (χ1v) is 8.83. The highest BCUT2D eigenvalue weighted by molar-refractivity contribution is 5.34. The first-order valence-electron chi connectivity index (χ1n) is 8.83. The van der Waals surface area contributed by atoms with Crippen molar-refractivity contribution in [3.8, 4) is 11.5 Å². The van der Waals surface area contributed by atoms with Gasteiger partial charge in [0.1, 0.15) is 11.5 Å². The number of aromatic nitrogens is 1. The largest absolute Gasteiger partial charge is 0.497 e. The molecule has 1 aromatic heterocycles. The van der Waals surface area contributed by atoms with E-state index in [-0.39, 0.29) is 6.04 Å². The van der Waals surface area contributed by atoms with Gasteiger partial charge in [-0.25, -0.2) is 0 Å². The van der Waals surface area contributed by atoms with E-state index in [2.05, 4.69) is 16.4 Å². The summed E-state index contributed by atoms with van der Waals surface area (Å²) >= 11 is 0. The van der Waals surface area contributed by atoms with Crippen molar-refractivity contribution < 1.29 is 9.47 Å². The Labute approximate surface area is 154 Å². The molecule has 0 aliphatic heterocycles. The number of hydrogen-bond donors (Lipinski definition) is 1. The number of nitrogens with one attached hydrogen (secondary N) is 1. The van der Waals surface area contributed by atoms with Gasteiger partial charge in [0.2, 0.25) is 0 Å². The number of methoxy groups -OCH3 is 1. The van der Waals surface area contributed by atoms with Gasteiger partial charge < -0.3 is 14.8 Å². The van der Waals surface area contributed by atoms with Crippen LogP contribution in [0.4, 0.5) is 0 Å². The van der Waals surface area contributed by atoms with Crippen molar-refractivity contribution in [1.29, 1.82) is 0 Å². The Bertz CT molecular complexity index is 778. The van der Waals surface area contributed by atoms with Crippen molar-refractivity contribution in [3.63, 3.8) is 0 Å². The molecule has 4 heteroatoms. The van der Waals surface area contributed by atoms with E-state index in [0.29, 0.717) is 6.61 Å². The van der Waals surface area contributed by atoms with E-state index in [1.807, 2.05) is 72.9 Å². The predicted octanol–water partition coefficient (Wildman–Crippen LogP) is 4.24. The molecule has 1 atom stereocenters. The lowest BCUT2D eigenvalue weighted by Gasteiger charge is -2.19. The van der Waals surface area contributed by atoms with Crippen molar-refractivity contribution in [2.24, 2.45) is 0 Å². The van der Waals surface area contributed by atoms with Crippen molar-refractivity contribution >= 4 is 0 Å². The van der Waals surface area contributed by atoms with E-state index in [1.165, 1.54) is 0 Å². The van der Waals surface area contributed by atoms with Crippen LogP contribution in [0.5, 0.6) is 11.5 Å². The van der Waals surface area contributed by atoms with Crippen LogP contribution in [-0.4, -0.2) is 25.2 Å². The van der Waals surface area contributed by atoms with Crippen LogP contribution >= 0.6 is 0 Å². The Kier molecular flexibility index (Phi) is 6.62. The summed E-state index contributed by atoms with van der Waals surface area (Å²) < 4.78 is 11.1. The molecule has 0 spiro atoms. The first kappa shape index (κ1) is 18.0. The zero-order valence-corrected chi connectivity index (χ0v) is 15.0. The van der Waals surface area contributed by atoms with E-state index in [9.17, 15) is 0 Å². The van der Waals surface area contributed by atoms with E-state index < -0.39 is 0 Å². The standard InChI is InChI=1S/C22H24N2O2/c1-25-20-12-7-9-18(17-20)22(21-13-5-6-14-23-21)24-15-8-16-26-19-10-3-2-4-11-19/h2-7,9-14,17,22,24H,8,15-16H2,1H3/t22-/m0/s1. The molecule has 1 heterocycles. The minimum Gasteiger partial charge on any atom is -0.497 e. The molecule has 0 radical (unpaired) electrons. The Morgan fingerprint density at radius 3 is 2.50 bits per heavy atom. The Morgan fingerprint density at radius 1 is 0.923 bits per heavy atom. The number of rotatable bonds is 9. The molecule has 1 N–H and O–H groups in total. The predicted molar refractivity (Wildman–Crippen MR) is 104 cm³/mol. The maximum absolute atomic E-state index is 5.76. The summed E-state index contributed by atoms with van der Waals surface area (Å²) in [6, 6.07) is 24.0. The lowest BCUT2D eigenvalue weighted by Crippen LogP contribution is -2.25. The zero-order chi connectivity index (χ0) is 18.0. The summed E-state index contributed by atoms with van der Waals surface area (Å²) in [5.41, 5.74) is 2.12. The van der Waals surface area contributed by atoms with Crippen LogP contribution in [0.2, 0.25) is 0 Å². The molecule has 3 rings (SSSR count). The van der Waals surface area contributed by atoms with Crippen LogP contribution in [-0.2, 0) is 0 Å². The van der Waals surface area contributed by atoms with Crippen molar-refractivity contribution in [1.82, 2.24) is 10.3 Å². The quantitative estimate of drug-likeness (QED) is 0.588. The van der Waals surface area contributed by atoms with E-state index in [4.69, 9.17) is 9.47 Å². The van der Waals surface area contributed by atoms with E-state index >= 15 is 0 Å². The fourth-order valence-electron chi connectivity index (χ4n) is 2.79. The summed E-state index contributed by atoms with van der Waals surface area (Å²) in [5, 5.41) is 3.59. The molecule has 2 aromatic carbocycles. The fraction of sp³-hybridized carbons (Fsp3) is 0.227. The summed E-state index contributed by atoms with van der Waals surface area (Å²) in [6.45, 7) is 1.50. The van der Waals surface area contributed by atoms with Crippen LogP contribution in [0.1, 0.15) is 23.7 Å². The van der Waals surface area contributed by atoms with Gasteiger partial charge >= 0.3 is 0 Å². The summed E-state index contributed by atoms with van der Waals surface area (Å²) in [4.78, 5) is 4.52. The Hall–Kier alpha value is -2.85. The summed E-state index contributed by atoms with van der Waals surface area (Å²) in [7, 11) is 1.68. The second-order valence-corrected chi connectivity index (χ2v) is 5.93. The van der Waals surface area contributed by atoms with Crippen LogP contribution in [0, 0.1) is 0 Å². The van der Waals surface area contributed by atoms with Gasteiger partial charge in [-0.15, -0.1) is 0 Å². The van der Waals surface area contributed by atoms with Gasteiger partial charge in [0.05, 0.1) is 25.5 Å². The van der Waals surface area contributed by atoms with E-state index in [1.54, 1.807) is 7.11 Å². The smallest absolute Gasteiger partial charge is 0.119 e. The fourth-order valence-corrected chi connectivity index (χ4v) is 2.79. The Balaban J connectivity index is 1.61. The number of hydrogen-bond acceptors (Lipinski definition) is 4. The molecule has 0 saturated carbocycles. The average Bonchev–Trinajstić information content (AvgIpc) is 2.72. The van der Waals surface area contributed by atoms with Crippen LogP contribution in [0.15, 0.2) is 79.0 Å². The summed E-state index contributed by atoms with van der Waals surface area (Å²) in [6.07, 6.45) is 2.73. The Morgan fingerprint density at radius 2 is 1.73 bits per heavy atom. The van der Waals surface area contributed by atoms with Crippen molar-refractivity contribution in [3.05, 3.63) is 90.3 Å². The third kappa shape index (κ3) is 5.07. The van der Waals surface area contributed by atoms with Gasteiger partial charge in [0.15, 0.2) is 0 Å². The van der Waals surface area contributed by atoms with Crippen LogP contribution < -0.4 is 14.8 Å². The third-order valence-electron chi connectivity index (χ3n) is 4.09. The molecule has 26 heavy (non-hydrogen) atoms. The molecule has 0 fully saturated rings. The molecule has 4 nitrogen and oxygen atoms in total. The van der Waals surface area contributed by atoms with Gasteiger partial charge in [-0.2, -0.15) is 0 Å². The van der Waals surface area contributed by atoms with Gasteiger partial charge in [-0.3, -0.25) is 4.98 Å². The molecule has 0 aliphatic rings. The first-order chi connectivity index (χ1) is 12.9. The molecule has 134 valence electrons. The maximum atomic E-state index is 5.76. The number of ether oxygens (including phenoxy) is 2. The summed E-state index contributed by atoms with van der Waals surface area (Å²) in [5.74, 6) is 1.75. The molecule has 0 unspecified atom stereocenters. The second-order valence-electron chi connectivity index (χ2n) is 5.93. The SMILES string of the molecule is COc1cccc([C@H](NCCCOc2ccccc2)c2ccccn2)c1. The number of pyridine rings is 1. The zero-order valence-electron chi connectivity index (χ0n) is 15.0. The van der Waals surface area contributed by atoms with Crippen molar-refractivity contribution in [2.75, 3.05) is 20.3 Å². The van der Waals surface area contributed by atoms with Gasteiger partial charge in [0, 0.05) is 6.20 Å². The number of benzene rings is 2. The van der Waals surface area contributed by atoms with Gasteiger partial charge in [-0.05, 0) is 54.9 Å². The highest BCUT2D eigenvalue weighted by Crippen LogP contribution is 2.24. The molecular formula is C22H24N2O2. The minimum atomic E-state index is 0.0167. The van der Waals surface area contributed by atoms with E-state index in [0.717, 1.165) is 35.7 Å². The molecule has 0 amide bonds. The van der Waals surface area contributed by atoms with Crippen LogP contribution in [0.3, 0.4) is 0 Å². The lowest BCUT2D eigenvalue weighted by molar-refractivity contribution is 0.306. The number of nitrogens with zero attached hydrogens (tertiary/aromatic N) is 1. The molecule has 0 aliphatic carbocycles. The molecular weight excluding hydrogens is 324 g/mol. The second kappa shape index (κ2) is 9.59. The highest BCUT2D eigenvalue weighted by Gasteiger charge is 2.15. The average molecular weight is 348 g/mol. The van der Waals surface area contributed by atoms with Gasteiger partial charge in [0.25, 0.3) is 0 Å². The van der Waals surface area contributed by atoms with Crippen LogP contribution in [0.25, 0.3) is 0 Å². The monoisotopic (exact) mass is 348 g/mol. The van der Waals surface area contributed by atoms with Gasteiger partial charge in [-0.1, -0.05) is 36.4 Å².